The SMILES string of the molecule is CC1(C)CC[C@]2(C(=O)OCC(=O)OCCOCCOCCOCCO)CC[C@]3(C)C(=CC[C@@H]4[C@@]5(C)Cc6nccnc6[C@@](C)(CO)[C@@H]5CC[C@]43C)[C@@H]2C1. The second-order valence-electron chi connectivity index (χ2n) is 18.3. The predicted molar refractivity (Wildman–Crippen MR) is 198 cm³/mol. The van der Waals surface area contributed by atoms with E-state index >= 15 is 0 Å². The van der Waals surface area contributed by atoms with Gasteiger partial charge in [-0.2, -0.15) is 0 Å². The minimum Gasteiger partial charge on any atom is -0.461 e. The minimum atomic E-state index is -0.660. The third-order valence-electron chi connectivity index (χ3n) is 15.1. The number of nitrogens with zero attached hydrogens (tertiary/aromatic N) is 2. The summed E-state index contributed by atoms with van der Waals surface area (Å²) in [4.78, 5) is 36.6. The van der Waals surface area contributed by atoms with Crippen molar-refractivity contribution in [3.63, 3.8) is 0 Å². The average molecular weight is 741 g/mol. The van der Waals surface area contributed by atoms with Gasteiger partial charge in [0.1, 0.15) is 6.61 Å². The largest absolute Gasteiger partial charge is 0.461 e. The van der Waals surface area contributed by atoms with Crippen LogP contribution in [0.15, 0.2) is 24.0 Å². The van der Waals surface area contributed by atoms with Crippen molar-refractivity contribution in [3.05, 3.63) is 35.4 Å². The normalized spacial score (nSPS) is 36.8. The third-order valence-corrected chi connectivity index (χ3v) is 15.1. The monoisotopic (exact) mass is 740 g/mol. The van der Waals surface area contributed by atoms with E-state index in [1.54, 1.807) is 12.4 Å². The molecule has 8 atom stereocenters. The van der Waals surface area contributed by atoms with Gasteiger partial charge in [0.2, 0.25) is 0 Å². The molecule has 5 aliphatic rings. The molecule has 5 aliphatic carbocycles. The molecule has 53 heavy (non-hydrogen) atoms. The first-order valence-electron chi connectivity index (χ1n) is 20.0. The van der Waals surface area contributed by atoms with Gasteiger partial charge in [0.15, 0.2) is 6.61 Å². The van der Waals surface area contributed by atoms with Crippen molar-refractivity contribution in [1.29, 1.82) is 0 Å². The van der Waals surface area contributed by atoms with E-state index in [9.17, 15) is 14.7 Å². The summed E-state index contributed by atoms with van der Waals surface area (Å²) in [6.07, 6.45) is 14.2. The average Bonchev–Trinajstić information content (AvgIpc) is 3.12. The molecule has 0 amide bonds. The molecule has 3 fully saturated rings. The first-order valence-corrected chi connectivity index (χ1v) is 20.0. The molecule has 0 radical (unpaired) electrons. The maximum atomic E-state index is 14.3. The maximum absolute atomic E-state index is 14.3. The van der Waals surface area contributed by atoms with E-state index in [1.165, 1.54) is 5.57 Å². The smallest absolute Gasteiger partial charge is 0.344 e. The van der Waals surface area contributed by atoms with Crippen molar-refractivity contribution in [2.24, 2.45) is 44.8 Å². The van der Waals surface area contributed by atoms with Crippen LogP contribution in [0.5, 0.6) is 0 Å². The van der Waals surface area contributed by atoms with Crippen LogP contribution in [0.1, 0.15) is 104 Å². The van der Waals surface area contributed by atoms with Crippen molar-refractivity contribution in [1.82, 2.24) is 9.97 Å². The third kappa shape index (κ3) is 7.11. The van der Waals surface area contributed by atoms with Crippen LogP contribution >= 0.6 is 0 Å². The molecule has 0 aromatic carbocycles. The number of allylic oxidation sites excluding steroid dienone is 2. The van der Waals surface area contributed by atoms with E-state index in [4.69, 9.17) is 38.8 Å². The van der Waals surface area contributed by atoms with Crippen LogP contribution in [0.4, 0.5) is 0 Å². The van der Waals surface area contributed by atoms with Crippen molar-refractivity contribution in [2.45, 2.75) is 105 Å². The van der Waals surface area contributed by atoms with Gasteiger partial charge >= 0.3 is 11.9 Å². The molecule has 1 heterocycles. The Bertz CT molecular complexity index is 1520. The van der Waals surface area contributed by atoms with E-state index in [-0.39, 0.29) is 66.6 Å². The molecule has 0 saturated heterocycles. The van der Waals surface area contributed by atoms with E-state index in [1.807, 2.05) is 0 Å². The highest BCUT2D eigenvalue weighted by molar-refractivity contribution is 5.81. The van der Waals surface area contributed by atoms with Gasteiger partial charge in [0, 0.05) is 17.8 Å². The number of esters is 2. The van der Waals surface area contributed by atoms with Gasteiger partial charge in [-0.25, -0.2) is 4.79 Å². The molecule has 3 saturated carbocycles. The molecule has 0 aliphatic heterocycles. The molecule has 2 N–H and O–H groups in total. The van der Waals surface area contributed by atoms with Crippen molar-refractivity contribution in [3.8, 4) is 0 Å². The number of hydrogen-bond acceptors (Lipinski definition) is 11. The standard InChI is InChI=1S/C42H64N2O9/c1-37(2)11-13-42(36(48)53-27-34(47)52-24-23-51-22-21-50-20-19-49-18-17-45)14-12-40(5)29(30(42)25-37)7-8-33-38(3)26-31-35(44-16-15-43-31)39(4,28-46)32(38)9-10-41(33,40)6/h7,15-16,30,32-33,45-46H,8-14,17-28H2,1-6H3/t30-,32+,33+,38-,39-,40+,41+,42-/m0/s1. The molecule has 11 heteroatoms. The molecular formula is C42H64N2O9. The number of aliphatic hydroxyl groups is 2. The van der Waals surface area contributed by atoms with Gasteiger partial charge in [-0.1, -0.05) is 53.2 Å². The number of carbonyl (C=O) groups is 2. The summed E-state index contributed by atoms with van der Waals surface area (Å²) < 4.78 is 27.2. The van der Waals surface area contributed by atoms with E-state index in [0.717, 1.165) is 69.2 Å². The van der Waals surface area contributed by atoms with E-state index in [0.29, 0.717) is 38.3 Å². The lowest BCUT2D eigenvalue weighted by molar-refractivity contribution is -0.185. The maximum Gasteiger partial charge on any atom is 0.344 e. The van der Waals surface area contributed by atoms with Crippen molar-refractivity contribution < 1.29 is 43.5 Å². The fraction of sp³-hybridized carbons (Fsp3) is 0.810. The van der Waals surface area contributed by atoms with Gasteiger partial charge in [-0.15, -0.1) is 0 Å². The van der Waals surface area contributed by atoms with Crippen LogP contribution in [0.25, 0.3) is 0 Å². The molecular weight excluding hydrogens is 676 g/mol. The predicted octanol–water partition coefficient (Wildman–Crippen LogP) is 5.39. The Kier molecular flexibility index (Phi) is 11.8. The topological polar surface area (TPSA) is 147 Å². The Balaban J connectivity index is 1.13. The highest BCUT2D eigenvalue weighted by Crippen LogP contribution is 2.75. The second kappa shape index (κ2) is 15.6. The number of ether oxygens (including phenoxy) is 5. The van der Waals surface area contributed by atoms with Crippen LogP contribution < -0.4 is 0 Å². The van der Waals surface area contributed by atoms with Gasteiger partial charge in [-0.05, 0) is 97.2 Å². The van der Waals surface area contributed by atoms with Crippen LogP contribution in [0.2, 0.25) is 0 Å². The Morgan fingerprint density at radius 2 is 1.45 bits per heavy atom. The first-order chi connectivity index (χ1) is 25.2. The summed E-state index contributed by atoms with van der Waals surface area (Å²) in [7, 11) is 0. The molecule has 6 rings (SSSR count). The number of carbonyl (C=O) groups excluding carboxylic acids is 2. The van der Waals surface area contributed by atoms with Crippen LogP contribution in [-0.4, -0.2) is 98.2 Å². The lowest BCUT2D eigenvalue weighted by atomic mass is 9.33. The summed E-state index contributed by atoms with van der Waals surface area (Å²) >= 11 is 0. The van der Waals surface area contributed by atoms with Crippen molar-refractivity contribution >= 4 is 11.9 Å². The molecule has 1 aromatic rings. The summed E-state index contributed by atoms with van der Waals surface area (Å²) in [6, 6.07) is 0. The Morgan fingerprint density at radius 1 is 0.792 bits per heavy atom. The number of rotatable bonds is 15. The fourth-order valence-corrected chi connectivity index (χ4v) is 12.1. The lowest BCUT2D eigenvalue weighted by Gasteiger charge is -2.70. The van der Waals surface area contributed by atoms with Gasteiger partial charge in [0.25, 0.3) is 0 Å². The molecule has 0 unspecified atom stereocenters. The van der Waals surface area contributed by atoms with Crippen LogP contribution in [0, 0.1) is 44.8 Å². The molecule has 11 nitrogen and oxygen atoms in total. The van der Waals surface area contributed by atoms with Gasteiger partial charge < -0.3 is 33.9 Å². The first kappa shape index (κ1) is 40.2. The van der Waals surface area contributed by atoms with Crippen LogP contribution in [0.3, 0.4) is 0 Å². The zero-order valence-electron chi connectivity index (χ0n) is 33.0. The number of aromatic nitrogens is 2. The second-order valence-corrected chi connectivity index (χ2v) is 18.3. The highest BCUT2D eigenvalue weighted by Gasteiger charge is 2.69. The molecule has 1 aromatic heterocycles. The van der Waals surface area contributed by atoms with Crippen molar-refractivity contribution in [2.75, 3.05) is 66.1 Å². The Labute approximate surface area is 315 Å². The zero-order valence-corrected chi connectivity index (χ0v) is 33.0. The Hall–Kier alpha value is -2.44. The van der Waals surface area contributed by atoms with Gasteiger partial charge in [-0.3, -0.25) is 14.8 Å². The number of fused-ring (bicyclic) bond motifs is 8. The number of hydrogen-bond donors (Lipinski definition) is 2. The van der Waals surface area contributed by atoms with Crippen LogP contribution in [-0.2, 0) is 45.1 Å². The minimum absolute atomic E-state index is 0.00276. The summed E-state index contributed by atoms with van der Waals surface area (Å²) in [6.45, 7) is 16.1. The zero-order chi connectivity index (χ0) is 38.1. The fourth-order valence-electron chi connectivity index (χ4n) is 12.1. The number of aliphatic hydroxyl groups excluding tert-OH is 2. The van der Waals surface area contributed by atoms with E-state index < -0.39 is 23.4 Å². The molecule has 296 valence electrons. The lowest BCUT2D eigenvalue weighted by Crippen LogP contribution is -2.65. The Morgan fingerprint density at radius 3 is 2.15 bits per heavy atom. The highest BCUT2D eigenvalue weighted by atomic mass is 16.6. The molecule has 0 spiro atoms. The van der Waals surface area contributed by atoms with Gasteiger partial charge in [0.05, 0.1) is 69.7 Å². The summed E-state index contributed by atoms with van der Waals surface area (Å²) in [5.41, 5.74) is 2.25. The summed E-state index contributed by atoms with van der Waals surface area (Å²) in [5, 5.41) is 19.6. The quantitative estimate of drug-likeness (QED) is 0.136. The summed E-state index contributed by atoms with van der Waals surface area (Å²) in [5.74, 6) is -0.105. The molecule has 0 bridgehead atoms. The van der Waals surface area contributed by atoms with E-state index in [2.05, 4.69) is 47.6 Å².